The van der Waals surface area contributed by atoms with Crippen LogP contribution in [-0.2, 0) is 4.74 Å². The summed E-state index contributed by atoms with van der Waals surface area (Å²) < 4.78 is 5.38. The van der Waals surface area contributed by atoms with Crippen LogP contribution in [0.25, 0.3) is 5.70 Å². The number of hydrogen-bond donors (Lipinski definition) is 2. The summed E-state index contributed by atoms with van der Waals surface area (Å²) in [5.74, 6) is 0.875. The highest BCUT2D eigenvalue weighted by molar-refractivity contribution is 6.72. The normalized spacial score (nSPS) is 19.6. The van der Waals surface area contributed by atoms with Gasteiger partial charge in [0, 0.05) is 63.3 Å². The van der Waals surface area contributed by atoms with Gasteiger partial charge in [-0.2, -0.15) is 0 Å². The van der Waals surface area contributed by atoms with Crippen LogP contribution in [0.5, 0.6) is 0 Å². The number of anilines is 1. The molecular formula is C23H32N6O. The van der Waals surface area contributed by atoms with Gasteiger partial charge in [0.15, 0.2) is 5.84 Å². The van der Waals surface area contributed by atoms with Crippen molar-refractivity contribution in [1.29, 1.82) is 0 Å². The number of allylic oxidation sites excluding steroid dienone is 1. The van der Waals surface area contributed by atoms with Gasteiger partial charge in [0.25, 0.3) is 0 Å². The van der Waals surface area contributed by atoms with Crippen molar-refractivity contribution in [3.8, 4) is 0 Å². The number of nitrogens with one attached hydrogen (secondary N) is 2. The molecule has 1 saturated heterocycles. The van der Waals surface area contributed by atoms with E-state index in [1.54, 1.807) is 6.20 Å². The molecule has 2 heterocycles. The number of hydrogen-bond acceptors (Lipinski definition) is 7. The highest BCUT2D eigenvalue weighted by atomic mass is 16.5. The summed E-state index contributed by atoms with van der Waals surface area (Å²) in [6.07, 6.45) is 3.59. The van der Waals surface area contributed by atoms with Crippen LogP contribution < -0.4 is 10.6 Å². The highest BCUT2D eigenvalue weighted by Gasteiger charge is 2.26. The molecule has 0 unspecified atom stereocenters. The van der Waals surface area contributed by atoms with Gasteiger partial charge in [0.2, 0.25) is 0 Å². The van der Waals surface area contributed by atoms with Gasteiger partial charge in [-0.1, -0.05) is 18.7 Å². The maximum Gasteiger partial charge on any atom is 0.157 e. The standard InChI is InChI=1S/C23H32N6O/c1-4-25-21-17-20(18-7-9-19(10-8-18)27-13-16-30-6-3)28-23(22(21)26-5-2)29-14-11-24-12-15-29/h5,7-10,17,24,27H,2,4,6,11-16H2,1,3H3. The first-order valence-electron chi connectivity index (χ1n) is 10.7. The van der Waals surface area contributed by atoms with Gasteiger partial charge in [0.05, 0.1) is 18.0 Å². The monoisotopic (exact) mass is 408 g/mol. The van der Waals surface area contributed by atoms with E-state index in [9.17, 15) is 0 Å². The second kappa shape index (κ2) is 11.4. The number of piperazine rings is 1. The molecule has 1 aromatic rings. The number of rotatable bonds is 8. The second-order valence-electron chi connectivity index (χ2n) is 6.92. The number of ether oxygens (including phenoxy) is 1. The Morgan fingerprint density at radius 3 is 2.67 bits per heavy atom. The molecule has 7 nitrogen and oxygen atoms in total. The Morgan fingerprint density at radius 1 is 1.23 bits per heavy atom. The highest BCUT2D eigenvalue weighted by Crippen LogP contribution is 2.23. The van der Waals surface area contributed by atoms with E-state index in [-0.39, 0.29) is 0 Å². The number of amidine groups is 1. The fourth-order valence-electron chi connectivity index (χ4n) is 3.43. The molecular weight excluding hydrogens is 376 g/mol. The molecule has 0 aromatic heterocycles. The van der Waals surface area contributed by atoms with Gasteiger partial charge in [-0.05, 0) is 32.1 Å². The van der Waals surface area contributed by atoms with Crippen LogP contribution in [0, 0.1) is 0 Å². The molecule has 0 bridgehead atoms. The van der Waals surface area contributed by atoms with E-state index in [1.807, 2.05) is 19.9 Å². The summed E-state index contributed by atoms with van der Waals surface area (Å²) in [7, 11) is 0. The zero-order chi connectivity index (χ0) is 21.2. The quantitative estimate of drug-likeness (QED) is 0.649. The van der Waals surface area contributed by atoms with Crippen LogP contribution in [-0.4, -0.2) is 74.6 Å². The Bertz CT molecular complexity index is 832. The predicted octanol–water partition coefficient (Wildman–Crippen LogP) is 2.84. The minimum Gasteiger partial charge on any atom is -0.383 e. The van der Waals surface area contributed by atoms with E-state index < -0.39 is 0 Å². The molecule has 0 saturated carbocycles. The fourth-order valence-corrected chi connectivity index (χ4v) is 3.43. The van der Waals surface area contributed by atoms with Crippen LogP contribution in [0.3, 0.4) is 0 Å². The Kier molecular flexibility index (Phi) is 8.35. The van der Waals surface area contributed by atoms with Crippen molar-refractivity contribution in [3.63, 3.8) is 0 Å². The van der Waals surface area contributed by atoms with E-state index in [2.05, 4.69) is 51.4 Å². The van der Waals surface area contributed by atoms with Gasteiger partial charge in [-0.25, -0.2) is 4.99 Å². The summed E-state index contributed by atoms with van der Waals surface area (Å²) in [6.45, 7) is 14.4. The Hall–Kier alpha value is -2.77. The molecule has 0 amide bonds. The SMILES string of the molecule is C=CN=C1C(=NCC)C=C(c2ccc(NCCOCC)cc2)N=C1N1CCNCC1. The first kappa shape index (κ1) is 21.9. The Morgan fingerprint density at radius 2 is 2.00 bits per heavy atom. The Balaban J connectivity index is 1.87. The van der Waals surface area contributed by atoms with Crippen molar-refractivity contribution in [3.05, 3.63) is 48.7 Å². The van der Waals surface area contributed by atoms with E-state index in [0.29, 0.717) is 13.2 Å². The number of benzene rings is 1. The molecule has 0 radical (unpaired) electrons. The van der Waals surface area contributed by atoms with Crippen LogP contribution in [0.4, 0.5) is 5.69 Å². The van der Waals surface area contributed by atoms with E-state index in [0.717, 1.165) is 73.5 Å². The minimum absolute atomic E-state index is 0.687. The third kappa shape index (κ3) is 5.64. The Labute approximate surface area is 179 Å². The van der Waals surface area contributed by atoms with Gasteiger partial charge in [-0.15, -0.1) is 0 Å². The number of aliphatic imine (C=N–C) groups is 3. The topological polar surface area (TPSA) is 73.6 Å². The van der Waals surface area contributed by atoms with Crippen molar-refractivity contribution in [1.82, 2.24) is 10.2 Å². The van der Waals surface area contributed by atoms with Crippen LogP contribution in [0.2, 0.25) is 0 Å². The fraction of sp³-hybridized carbons (Fsp3) is 0.435. The smallest absolute Gasteiger partial charge is 0.157 e. The lowest BCUT2D eigenvalue weighted by atomic mass is 10.0. The summed E-state index contributed by atoms with van der Waals surface area (Å²) in [6, 6.07) is 8.33. The molecule has 2 aliphatic heterocycles. The molecule has 0 atom stereocenters. The maximum atomic E-state index is 5.38. The molecule has 0 spiro atoms. The van der Waals surface area contributed by atoms with E-state index >= 15 is 0 Å². The second-order valence-corrected chi connectivity index (χ2v) is 6.92. The summed E-state index contributed by atoms with van der Waals surface area (Å²) in [5, 5.41) is 6.77. The maximum absolute atomic E-state index is 5.38. The lowest BCUT2D eigenvalue weighted by Crippen LogP contribution is -2.50. The first-order valence-corrected chi connectivity index (χ1v) is 10.7. The first-order chi connectivity index (χ1) is 14.8. The molecule has 1 fully saturated rings. The average Bonchev–Trinajstić information content (AvgIpc) is 2.79. The zero-order valence-corrected chi connectivity index (χ0v) is 18.0. The minimum atomic E-state index is 0.687. The molecule has 160 valence electrons. The third-order valence-corrected chi connectivity index (χ3v) is 4.88. The van der Waals surface area contributed by atoms with Gasteiger partial charge in [0.1, 0.15) is 5.71 Å². The van der Waals surface area contributed by atoms with Crippen molar-refractivity contribution in [2.45, 2.75) is 13.8 Å². The lowest BCUT2D eigenvalue weighted by Gasteiger charge is -2.32. The van der Waals surface area contributed by atoms with Gasteiger partial charge < -0.3 is 20.3 Å². The van der Waals surface area contributed by atoms with Crippen molar-refractivity contribution < 1.29 is 4.74 Å². The van der Waals surface area contributed by atoms with E-state index in [4.69, 9.17) is 14.7 Å². The molecule has 3 rings (SSSR count). The average molecular weight is 409 g/mol. The van der Waals surface area contributed by atoms with Gasteiger partial charge >= 0.3 is 0 Å². The van der Waals surface area contributed by atoms with E-state index in [1.165, 1.54) is 0 Å². The molecule has 1 aromatic carbocycles. The third-order valence-electron chi connectivity index (χ3n) is 4.88. The van der Waals surface area contributed by atoms with Crippen molar-refractivity contribution >= 4 is 28.6 Å². The summed E-state index contributed by atoms with van der Waals surface area (Å²) in [5.41, 5.74) is 4.68. The van der Waals surface area contributed by atoms with Crippen molar-refractivity contribution in [2.24, 2.45) is 15.0 Å². The molecule has 2 aliphatic rings. The van der Waals surface area contributed by atoms with Crippen LogP contribution in [0.15, 0.2) is 58.1 Å². The largest absolute Gasteiger partial charge is 0.383 e. The van der Waals surface area contributed by atoms with Crippen molar-refractivity contribution in [2.75, 3.05) is 57.8 Å². The molecule has 0 aliphatic carbocycles. The molecule has 2 N–H and O–H groups in total. The lowest BCUT2D eigenvalue weighted by molar-refractivity contribution is 0.158. The van der Waals surface area contributed by atoms with Crippen LogP contribution in [0.1, 0.15) is 19.4 Å². The summed E-state index contributed by atoms with van der Waals surface area (Å²) in [4.78, 5) is 16.5. The summed E-state index contributed by atoms with van der Waals surface area (Å²) >= 11 is 0. The van der Waals surface area contributed by atoms with Crippen LogP contribution >= 0.6 is 0 Å². The predicted molar refractivity (Wildman–Crippen MR) is 127 cm³/mol. The number of nitrogens with zero attached hydrogens (tertiary/aromatic N) is 4. The van der Waals surface area contributed by atoms with Gasteiger partial charge in [-0.3, -0.25) is 9.98 Å². The molecule has 30 heavy (non-hydrogen) atoms. The molecule has 7 heteroatoms. The zero-order valence-electron chi connectivity index (χ0n) is 18.0.